The van der Waals surface area contributed by atoms with Crippen LogP contribution in [-0.4, -0.2) is 18.8 Å². The van der Waals surface area contributed by atoms with Gasteiger partial charge in [0.1, 0.15) is 6.61 Å². The molecule has 0 fully saturated rings. The van der Waals surface area contributed by atoms with Gasteiger partial charge in [-0.25, -0.2) is 13.8 Å². The van der Waals surface area contributed by atoms with E-state index in [0.717, 1.165) is 9.87 Å². The molecule has 1 amide bonds. The summed E-state index contributed by atoms with van der Waals surface area (Å²) in [5.41, 5.74) is 1.42. The van der Waals surface area contributed by atoms with Crippen molar-refractivity contribution in [1.29, 1.82) is 0 Å². The molecule has 21 heavy (non-hydrogen) atoms. The fourth-order valence-electron chi connectivity index (χ4n) is 1.51. The molecular formula is C14H14N2O4S. The van der Waals surface area contributed by atoms with Crippen molar-refractivity contribution in [3.05, 3.63) is 72.6 Å². The van der Waals surface area contributed by atoms with E-state index in [-0.39, 0.29) is 6.61 Å². The van der Waals surface area contributed by atoms with E-state index in [1.54, 1.807) is 24.3 Å². The monoisotopic (exact) mass is 306 g/mol. The Morgan fingerprint density at radius 1 is 1.19 bits per heavy atom. The van der Waals surface area contributed by atoms with E-state index in [2.05, 4.69) is 6.58 Å². The second-order valence-electron chi connectivity index (χ2n) is 4.21. The largest absolute Gasteiger partial charge is 0.444 e. The van der Waals surface area contributed by atoms with E-state index in [4.69, 9.17) is 4.74 Å². The molecule has 1 N–H and O–H groups in total. The standard InChI is InChI=1S/C14H14N2O4S/c1-12-7-9-16(10-8-12)21(18,19)15-14(17)20-11-13-5-3-2-4-6-13/h2-10H,1,11H2,(H,15,17). The van der Waals surface area contributed by atoms with Crippen LogP contribution in [-0.2, 0) is 21.6 Å². The van der Waals surface area contributed by atoms with Crippen molar-refractivity contribution in [1.82, 2.24) is 9.03 Å². The van der Waals surface area contributed by atoms with Gasteiger partial charge in [-0.3, -0.25) is 0 Å². The minimum absolute atomic E-state index is 0.00925. The summed E-state index contributed by atoms with van der Waals surface area (Å²) in [6.07, 6.45) is 4.55. The van der Waals surface area contributed by atoms with Crippen LogP contribution < -0.4 is 4.72 Å². The Morgan fingerprint density at radius 3 is 2.43 bits per heavy atom. The van der Waals surface area contributed by atoms with Gasteiger partial charge in [-0.2, -0.15) is 8.42 Å². The van der Waals surface area contributed by atoms with Crippen molar-refractivity contribution in [2.75, 3.05) is 0 Å². The molecule has 0 spiro atoms. The van der Waals surface area contributed by atoms with Gasteiger partial charge in [0.05, 0.1) is 0 Å². The summed E-state index contributed by atoms with van der Waals surface area (Å²) in [5, 5.41) is 0. The van der Waals surface area contributed by atoms with Crippen molar-refractivity contribution in [3.8, 4) is 0 Å². The van der Waals surface area contributed by atoms with Crippen LogP contribution in [0.5, 0.6) is 0 Å². The van der Waals surface area contributed by atoms with E-state index in [1.807, 2.05) is 10.8 Å². The Morgan fingerprint density at radius 2 is 1.81 bits per heavy atom. The molecule has 1 aromatic rings. The second-order valence-corrected chi connectivity index (χ2v) is 5.78. The molecule has 2 rings (SSSR count). The van der Waals surface area contributed by atoms with Crippen LogP contribution in [0.1, 0.15) is 5.56 Å². The molecule has 1 heterocycles. The molecule has 0 aromatic heterocycles. The maximum atomic E-state index is 11.9. The quantitative estimate of drug-likeness (QED) is 0.924. The minimum Gasteiger partial charge on any atom is -0.444 e. The van der Waals surface area contributed by atoms with Crippen LogP contribution in [0.25, 0.3) is 0 Å². The Balaban J connectivity index is 1.91. The first-order valence-corrected chi connectivity index (χ1v) is 7.49. The lowest BCUT2D eigenvalue weighted by atomic mass is 10.2. The predicted octanol–water partition coefficient (Wildman–Crippen LogP) is 2.06. The molecule has 7 heteroatoms. The van der Waals surface area contributed by atoms with E-state index in [1.165, 1.54) is 24.6 Å². The summed E-state index contributed by atoms with van der Waals surface area (Å²) in [5.74, 6) is 0. The lowest BCUT2D eigenvalue weighted by molar-refractivity contribution is 0.145. The molecule has 0 aliphatic carbocycles. The van der Waals surface area contributed by atoms with Crippen molar-refractivity contribution >= 4 is 16.3 Å². The van der Waals surface area contributed by atoms with Crippen LogP contribution >= 0.6 is 0 Å². The second kappa shape index (κ2) is 6.27. The average Bonchev–Trinajstić information content (AvgIpc) is 2.46. The van der Waals surface area contributed by atoms with Gasteiger partial charge < -0.3 is 4.74 Å². The molecule has 0 saturated carbocycles. The van der Waals surface area contributed by atoms with Gasteiger partial charge in [0, 0.05) is 12.4 Å². The number of hydrogen-bond donors (Lipinski definition) is 1. The number of amides is 1. The predicted molar refractivity (Wildman–Crippen MR) is 77.9 cm³/mol. The molecule has 0 unspecified atom stereocenters. The highest BCUT2D eigenvalue weighted by Crippen LogP contribution is 2.10. The molecule has 6 nitrogen and oxygen atoms in total. The number of hydrogen-bond acceptors (Lipinski definition) is 4. The fraction of sp³-hybridized carbons (Fsp3) is 0.0714. The van der Waals surface area contributed by atoms with Gasteiger partial charge in [0.2, 0.25) is 0 Å². The average molecular weight is 306 g/mol. The van der Waals surface area contributed by atoms with Gasteiger partial charge in [0.25, 0.3) is 0 Å². The first-order chi connectivity index (χ1) is 9.97. The zero-order chi connectivity index (χ0) is 15.3. The highest BCUT2D eigenvalue weighted by atomic mass is 32.2. The molecule has 1 aliphatic rings. The smallest absolute Gasteiger partial charge is 0.422 e. The number of carbonyl (C=O) groups excluding carboxylic acids is 1. The van der Waals surface area contributed by atoms with Gasteiger partial charge in [-0.1, -0.05) is 36.9 Å². The minimum atomic E-state index is -4.02. The van der Waals surface area contributed by atoms with Gasteiger partial charge >= 0.3 is 16.3 Å². The first-order valence-electron chi connectivity index (χ1n) is 6.05. The number of carbonyl (C=O) groups is 1. The van der Waals surface area contributed by atoms with Crippen LogP contribution in [0, 0.1) is 0 Å². The molecule has 1 aliphatic heterocycles. The van der Waals surface area contributed by atoms with Crippen molar-refractivity contribution in [3.63, 3.8) is 0 Å². The molecule has 0 bridgehead atoms. The number of rotatable bonds is 4. The summed E-state index contributed by atoms with van der Waals surface area (Å²) >= 11 is 0. The Labute approximate surface area is 123 Å². The Kier molecular flexibility index (Phi) is 4.44. The van der Waals surface area contributed by atoms with Gasteiger partial charge in [-0.15, -0.1) is 0 Å². The molecule has 0 saturated heterocycles. The van der Waals surface area contributed by atoms with Crippen molar-refractivity contribution in [2.24, 2.45) is 0 Å². The summed E-state index contributed by atoms with van der Waals surface area (Å²) in [4.78, 5) is 11.5. The van der Waals surface area contributed by atoms with Crippen LogP contribution in [0.2, 0.25) is 0 Å². The van der Waals surface area contributed by atoms with Crippen LogP contribution in [0.3, 0.4) is 0 Å². The molecule has 110 valence electrons. The van der Waals surface area contributed by atoms with Crippen LogP contribution in [0.4, 0.5) is 4.79 Å². The zero-order valence-electron chi connectivity index (χ0n) is 11.1. The topological polar surface area (TPSA) is 75.7 Å². The summed E-state index contributed by atoms with van der Waals surface area (Å²) < 4.78 is 31.3. The van der Waals surface area contributed by atoms with Crippen molar-refractivity contribution < 1.29 is 17.9 Å². The SMILES string of the molecule is C=C1C=CN(S(=O)(=O)NC(=O)OCc2ccccc2)C=C1. The summed E-state index contributed by atoms with van der Waals surface area (Å²) in [6, 6.07) is 8.96. The lowest BCUT2D eigenvalue weighted by Crippen LogP contribution is -2.39. The fourth-order valence-corrected chi connectivity index (χ4v) is 2.33. The van der Waals surface area contributed by atoms with E-state index < -0.39 is 16.3 Å². The third-order valence-corrected chi connectivity index (χ3v) is 3.80. The normalized spacial score (nSPS) is 14.1. The Bertz CT molecular complexity index is 677. The zero-order valence-corrected chi connectivity index (χ0v) is 11.9. The molecule has 1 aromatic carbocycles. The third kappa shape index (κ3) is 4.22. The van der Waals surface area contributed by atoms with E-state index in [0.29, 0.717) is 5.57 Å². The van der Waals surface area contributed by atoms with Crippen molar-refractivity contribution in [2.45, 2.75) is 6.61 Å². The van der Waals surface area contributed by atoms with Crippen LogP contribution in [0.15, 0.2) is 67.0 Å². The third-order valence-electron chi connectivity index (χ3n) is 2.57. The summed E-state index contributed by atoms with van der Waals surface area (Å²) in [7, 11) is -4.02. The summed E-state index contributed by atoms with van der Waals surface area (Å²) in [6.45, 7) is 3.64. The van der Waals surface area contributed by atoms with E-state index in [9.17, 15) is 13.2 Å². The molecular weight excluding hydrogens is 292 g/mol. The highest BCUT2D eigenvalue weighted by molar-refractivity contribution is 7.87. The van der Waals surface area contributed by atoms with Gasteiger partial charge in [0.15, 0.2) is 0 Å². The number of nitrogens with one attached hydrogen (secondary N) is 1. The number of nitrogens with zero attached hydrogens (tertiary/aromatic N) is 1. The maximum Gasteiger partial charge on any atom is 0.422 e. The Hall–Kier alpha value is -2.54. The molecule has 0 radical (unpaired) electrons. The number of ether oxygens (including phenoxy) is 1. The highest BCUT2D eigenvalue weighted by Gasteiger charge is 2.21. The molecule has 0 atom stereocenters. The maximum absolute atomic E-state index is 11.9. The first kappa shape index (κ1) is 14.9. The lowest BCUT2D eigenvalue weighted by Gasteiger charge is -2.18. The number of benzene rings is 1. The van der Waals surface area contributed by atoms with E-state index >= 15 is 0 Å². The number of allylic oxidation sites excluding steroid dienone is 3. The van der Waals surface area contributed by atoms with Gasteiger partial charge in [-0.05, 0) is 23.3 Å².